The molecule has 0 spiro atoms. The minimum Gasteiger partial charge on any atom is -0.315 e. The highest BCUT2D eigenvalue weighted by atomic mass is 32.2. The van der Waals surface area contributed by atoms with Gasteiger partial charge in [-0.2, -0.15) is 0 Å². The van der Waals surface area contributed by atoms with E-state index in [1.807, 2.05) is 13.8 Å². The zero-order valence-electron chi connectivity index (χ0n) is 14.4. The first-order valence-electron chi connectivity index (χ1n) is 8.00. The Labute approximate surface area is 149 Å². The molecule has 2 aromatic carbocycles. The minimum absolute atomic E-state index is 0.0688. The molecule has 136 valence electrons. The predicted octanol–water partition coefficient (Wildman–Crippen LogP) is 2.14. The molecule has 7 heteroatoms. The molecule has 1 N–H and O–H groups in total. The van der Waals surface area contributed by atoms with Crippen molar-refractivity contribution in [3.05, 3.63) is 59.7 Å². The average Bonchev–Trinajstić information content (AvgIpc) is 2.55. The summed E-state index contributed by atoms with van der Waals surface area (Å²) in [6.45, 7) is 4.21. The van der Waals surface area contributed by atoms with Crippen LogP contribution in [-0.4, -0.2) is 41.4 Å². The van der Waals surface area contributed by atoms with Crippen LogP contribution in [0, 0.1) is 13.8 Å². The Morgan fingerprint density at radius 2 is 0.960 bits per heavy atom. The third-order valence-electron chi connectivity index (χ3n) is 3.86. The molecule has 0 atom stereocenters. The zero-order chi connectivity index (χ0) is 18.5. The van der Waals surface area contributed by atoms with Crippen LogP contribution >= 0.6 is 0 Å². The van der Waals surface area contributed by atoms with E-state index < -0.39 is 19.7 Å². The molecule has 0 amide bonds. The maximum absolute atomic E-state index is 12.2. The van der Waals surface area contributed by atoms with Crippen LogP contribution in [0.15, 0.2) is 58.3 Å². The van der Waals surface area contributed by atoms with Crippen molar-refractivity contribution >= 4 is 19.7 Å². The Bertz CT molecular complexity index is 823. The molecule has 0 radical (unpaired) electrons. The number of sulfone groups is 2. The summed E-state index contributed by atoms with van der Waals surface area (Å²) in [7, 11) is -6.72. The Balaban J connectivity index is 1.83. The lowest BCUT2D eigenvalue weighted by atomic mass is 10.2. The molecule has 0 aliphatic carbocycles. The van der Waals surface area contributed by atoms with Gasteiger partial charge in [0.2, 0.25) is 0 Å². The summed E-state index contributed by atoms with van der Waals surface area (Å²) in [6, 6.07) is 13.4. The summed E-state index contributed by atoms with van der Waals surface area (Å²) in [5.41, 5.74) is 2.00. The summed E-state index contributed by atoms with van der Waals surface area (Å²) in [5.74, 6) is -0.138. The molecule has 0 aliphatic heterocycles. The Kier molecular flexibility index (Phi) is 6.37. The maximum atomic E-state index is 12.2. The highest BCUT2D eigenvalue weighted by molar-refractivity contribution is 7.91. The molecule has 0 saturated heterocycles. The quantitative estimate of drug-likeness (QED) is 0.709. The van der Waals surface area contributed by atoms with Crippen LogP contribution in [0.4, 0.5) is 0 Å². The lowest BCUT2D eigenvalue weighted by Crippen LogP contribution is -2.28. The van der Waals surface area contributed by atoms with E-state index in [-0.39, 0.29) is 34.4 Å². The molecular weight excluding hydrogens is 358 g/mol. The third-order valence-corrected chi connectivity index (χ3v) is 7.32. The smallest absolute Gasteiger partial charge is 0.179 e. The second-order valence-electron chi connectivity index (χ2n) is 6.01. The van der Waals surface area contributed by atoms with Gasteiger partial charge in [-0.15, -0.1) is 0 Å². The van der Waals surface area contributed by atoms with Gasteiger partial charge in [-0.05, 0) is 38.1 Å². The first-order valence-corrected chi connectivity index (χ1v) is 11.3. The van der Waals surface area contributed by atoms with Crippen LogP contribution < -0.4 is 5.32 Å². The van der Waals surface area contributed by atoms with Crippen molar-refractivity contribution in [2.75, 3.05) is 24.6 Å². The van der Waals surface area contributed by atoms with Crippen LogP contribution in [0.25, 0.3) is 0 Å². The van der Waals surface area contributed by atoms with E-state index in [1.165, 1.54) is 0 Å². The standard InChI is InChI=1S/C18H23NO4S2/c1-15-3-7-17(8-4-15)24(20,21)13-11-19-12-14-25(22,23)18-9-5-16(2)6-10-18/h3-10,19H,11-14H2,1-2H3. The fourth-order valence-electron chi connectivity index (χ4n) is 2.26. The van der Waals surface area contributed by atoms with E-state index in [0.717, 1.165) is 11.1 Å². The second-order valence-corrected chi connectivity index (χ2v) is 10.2. The van der Waals surface area contributed by atoms with Gasteiger partial charge in [0, 0.05) is 13.1 Å². The van der Waals surface area contributed by atoms with Gasteiger partial charge in [0.25, 0.3) is 0 Å². The summed E-state index contributed by atoms with van der Waals surface area (Å²) in [4.78, 5) is 0.569. The first kappa shape index (κ1) is 19.6. The Morgan fingerprint density at radius 1 is 0.640 bits per heavy atom. The monoisotopic (exact) mass is 381 g/mol. The van der Waals surface area contributed by atoms with Crippen molar-refractivity contribution in [3.8, 4) is 0 Å². The molecule has 5 nitrogen and oxygen atoms in total. The Morgan fingerprint density at radius 3 is 1.28 bits per heavy atom. The van der Waals surface area contributed by atoms with Gasteiger partial charge < -0.3 is 5.32 Å². The van der Waals surface area contributed by atoms with Crippen LogP contribution in [0.5, 0.6) is 0 Å². The van der Waals surface area contributed by atoms with Gasteiger partial charge in [0.05, 0.1) is 21.3 Å². The number of aryl methyl sites for hydroxylation is 2. The highest BCUT2D eigenvalue weighted by Gasteiger charge is 2.15. The summed E-state index contributed by atoms with van der Waals surface area (Å²) >= 11 is 0. The van der Waals surface area contributed by atoms with Crippen LogP contribution in [0.2, 0.25) is 0 Å². The third kappa shape index (κ3) is 5.66. The average molecular weight is 382 g/mol. The van der Waals surface area contributed by atoms with E-state index in [1.54, 1.807) is 48.5 Å². The molecule has 0 fully saturated rings. The van der Waals surface area contributed by atoms with Gasteiger partial charge >= 0.3 is 0 Å². The van der Waals surface area contributed by atoms with Crippen molar-refractivity contribution in [1.82, 2.24) is 5.32 Å². The lowest BCUT2D eigenvalue weighted by Gasteiger charge is -2.08. The molecule has 25 heavy (non-hydrogen) atoms. The number of hydrogen-bond donors (Lipinski definition) is 1. The van der Waals surface area contributed by atoms with E-state index in [2.05, 4.69) is 5.32 Å². The molecule has 0 bridgehead atoms. The lowest BCUT2D eigenvalue weighted by molar-refractivity contribution is 0.588. The van der Waals surface area contributed by atoms with Gasteiger partial charge in [0.15, 0.2) is 19.7 Å². The van der Waals surface area contributed by atoms with Crippen LogP contribution in [0.1, 0.15) is 11.1 Å². The molecule has 0 aliphatic rings. The van der Waals surface area contributed by atoms with E-state index in [0.29, 0.717) is 0 Å². The van der Waals surface area contributed by atoms with Crippen LogP contribution in [-0.2, 0) is 19.7 Å². The normalized spacial score (nSPS) is 12.2. The maximum Gasteiger partial charge on any atom is 0.179 e. The van der Waals surface area contributed by atoms with Crippen molar-refractivity contribution in [2.24, 2.45) is 0 Å². The van der Waals surface area contributed by atoms with Crippen molar-refractivity contribution in [3.63, 3.8) is 0 Å². The summed E-state index contributed by atoms with van der Waals surface area (Å²) < 4.78 is 48.8. The SMILES string of the molecule is Cc1ccc(S(=O)(=O)CCNCCS(=O)(=O)c2ccc(C)cc2)cc1. The topological polar surface area (TPSA) is 80.3 Å². The van der Waals surface area contributed by atoms with Gasteiger partial charge in [0.1, 0.15) is 0 Å². The van der Waals surface area contributed by atoms with E-state index >= 15 is 0 Å². The summed E-state index contributed by atoms with van der Waals surface area (Å²) in [5, 5.41) is 2.90. The predicted molar refractivity (Wildman–Crippen MR) is 99.3 cm³/mol. The molecule has 2 aromatic rings. The van der Waals surface area contributed by atoms with Gasteiger partial charge in [-0.3, -0.25) is 0 Å². The number of hydrogen-bond acceptors (Lipinski definition) is 5. The number of rotatable bonds is 8. The Hall–Kier alpha value is -1.70. The van der Waals surface area contributed by atoms with E-state index in [4.69, 9.17) is 0 Å². The van der Waals surface area contributed by atoms with Crippen molar-refractivity contribution in [2.45, 2.75) is 23.6 Å². The van der Waals surface area contributed by atoms with Crippen molar-refractivity contribution < 1.29 is 16.8 Å². The van der Waals surface area contributed by atoms with Gasteiger partial charge in [-0.25, -0.2) is 16.8 Å². The zero-order valence-corrected chi connectivity index (χ0v) is 16.0. The van der Waals surface area contributed by atoms with Gasteiger partial charge in [-0.1, -0.05) is 35.4 Å². The number of nitrogens with one attached hydrogen (secondary N) is 1. The molecule has 0 unspecified atom stereocenters. The fraction of sp³-hybridized carbons (Fsp3) is 0.333. The van der Waals surface area contributed by atoms with Crippen LogP contribution in [0.3, 0.4) is 0 Å². The van der Waals surface area contributed by atoms with E-state index in [9.17, 15) is 16.8 Å². The molecule has 0 aromatic heterocycles. The molecular formula is C18H23NO4S2. The fourth-order valence-corrected chi connectivity index (χ4v) is 4.66. The highest BCUT2D eigenvalue weighted by Crippen LogP contribution is 2.13. The minimum atomic E-state index is -3.36. The first-order chi connectivity index (χ1) is 11.7. The molecule has 0 heterocycles. The number of benzene rings is 2. The van der Waals surface area contributed by atoms with Crippen molar-refractivity contribution in [1.29, 1.82) is 0 Å². The largest absolute Gasteiger partial charge is 0.315 e. The molecule has 0 saturated carbocycles. The molecule has 2 rings (SSSR count). The summed E-state index contributed by atoms with van der Waals surface area (Å²) in [6.07, 6.45) is 0. The second kappa shape index (κ2) is 8.12.